The normalized spacial score (nSPS) is 11.2. The minimum absolute atomic E-state index is 0. The fourth-order valence-electron chi connectivity index (χ4n) is 2.51. The second-order valence-corrected chi connectivity index (χ2v) is 10.1. The fourth-order valence-corrected chi connectivity index (χ4v) is 5.90. The maximum Gasteiger partial charge on any atom is 0.294 e. The van der Waals surface area contributed by atoms with Gasteiger partial charge >= 0.3 is 0 Å². The minimum atomic E-state index is -4.17. The van der Waals surface area contributed by atoms with E-state index < -0.39 is 10.1 Å². The summed E-state index contributed by atoms with van der Waals surface area (Å²) < 4.78 is 32.3. The first-order valence-electron chi connectivity index (χ1n) is 7.52. The van der Waals surface area contributed by atoms with Crippen molar-refractivity contribution in [1.82, 2.24) is 0 Å². The Bertz CT molecular complexity index is 1080. The number of hydrogen-bond donors (Lipinski definition) is 1. The summed E-state index contributed by atoms with van der Waals surface area (Å²) in [6, 6.07) is 12.7. The molecular formula is C18H16NaO3S4. The van der Waals surface area contributed by atoms with E-state index in [1.165, 1.54) is 23.3 Å². The molecule has 2 aromatic carbocycles. The Labute approximate surface area is 188 Å². The molecule has 0 amide bonds. The molecule has 0 saturated carbocycles. The molecule has 0 saturated heterocycles. The van der Waals surface area contributed by atoms with E-state index >= 15 is 0 Å². The molecule has 3 aromatic rings. The van der Waals surface area contributed by atoms with E-state index in [-0.39, 0.29) is 34.5 Å². The van der Waals surface area contributed by atoms with E-state index in [9.17, 15) is 8.42 Å². The van der Waals surface area contributed by atoms with Gasteiger partial charge in [-0.3, -0.25) is 4.55 Å². The van der Waals surface area contributed by atoms with Crippen molar-refractivity contribution in [3.05, 3.63) is 68.5 Å². The molecule has 0 aliphatic heterocycles. The molecule has 26 heavy (non-hydrogen) atoms. The topological polar surface area (TPSA) is 54.4 Å². The molecule has 3 rings (SSSR count). The average molecular weight is 432 g/mol. The fraction of sp³-hybridized carbons (Fsp3) is 0.167. The van der Waals surface area contributed by atoms with Crippen molar-refractivity contribution in [3.63, 3.8) is 0 Å². The van der Waals surface area contributed by atoms with Crippen LogP contribution in [0.25, 0.3) is 10.4 Å². The van der Waals surface area contributed by atoms with Gasteiger partial charge in [-0.25, -0.2) is 0 Å². The van der Waals surface area contributed by atoms with E-state index in [0.717, 1.165) is 25.4 Å². The van der Waals surface area contributed by atoms with E-state index in [0.29, 0.717) is 6.42 Å². The Hall–Kier alpha value is -0.380. The smallest absolute Gasteiger partial charge is 0.282 e. The van der Waals surface area contributed by atoms with Crippen molar-refractivity contribution in [2.24, 2.45) is 0 Å². The van der Waals surface area contributed by atoms with Gasteiger partial charge in [0.15, 0.2) is 0 Å². The third kappa shape index (κ3) is 4.91. The second-order valence-electron chi connectivity index (χ2n) is 5.86. The van der Waals surface area contributed by atoms with Gasteiger partial charge in [-0.05, 0) is 48.2 Å². The van der Waals surface area contributed by atoms with Crippen LogP contribution >= 0.6 is 32.9 Å². The largest absolute Gasteiger partial charge is 0.294 e. The van der Waals surface area contributed by atoms with Crippen LogP contribution in [0, 0.1) is 17.7 Å². The van der Waals surface area contributed by atoms with Crippen molar-refractivity contribution in [3.8, 4) is 10.4 Å². The van der Waals surface area contributed by atoms with Crippen molar-refractivity contribution in [2.75, 3.05) is 0 Å². The molecule has 0 aliphatic rings. The van der Waals surface area contributed by atoms with Crippen molar-refractivity contribution < 1.29 is 13.0 Å². The predicted octanol–water partition coefficient (Wildman–Crippen LogP) is 5.28. The van der Waals surface area contributed by atoms with Crippen LogP contribution in [0.4, 0.5) is 0 Å². The SMILES string of the molecule is Cc1ccc(-c2ssc(=S)c2Cc2ccc(S(=O)(=O)O)cc2)cc1C.[Na]. The van der Waals surface area contributed by atoms with Gasteiger partial charge in [0.05, 0.1) is 9.77 Å². The van der Waals surface area contributed by atoms with Crippen LogP contribution in [0.2, 0.25) is 0 Å². The van der Waals surface area contributed by atoms with Gasteiger partial charge in [0, 0.05) is 41.5 Å². The Morgan fingerprint density at radius 2 is 1.65 bits per heavy atom. The molecule has 0 spiro atoms. The Balaban J connectivity index is 0.00000243. The molecule has 0 unspecified atom stereocenters. The molecule has 0 bridgehead atoms. The van der Waals surface area contributed by atoms with Crippen LogP contribution in [-0.4, -0.2) is 42.5 Å². The van der Waals surface area contributed by atoms with Crippen LogP contribution in [0.3, 0.4) is 0 Å². The zero-order valence-electron chi connectivity index (χ0n) is 14.6. The van der Waals surface area contributed by atoms with Crippen molar-refractivity contribution >= 4 is 72.6 Å². The number of rotatable bonds is 4. The summed E-state index contributed by atoms with van der Waals surface area (Å²) in [6.07, 6.45) is 0.632. The average Bonchev–Trinajstić information content (AvgIpc) is 2.91. The number of aryl methyl sites for hydroxylation is 2. The molecular weight excluding hydrogens is 415 g/mol. The molecule has 0 atom stereocenters. The Morgan fingerprint density at radius 3 is 2.23 bits per heavy atom. The molecule has 0 aliphatic carbocycles. The minimum Gasteiger partial charge on any atom is -0.282 e. The molecule has 1 aromatic heterocycles. The molecule has 1 radical (unpaired) electrons. The molecule has 8 heteroatoms. The predicted molar refractivity (Wildman–Crippen MR) is 113 cm³/mol. The van der Waals surface area contributed by atoms with Crippen LogP contribution in [0.1, 0.15) is 22.3 Å². The molecule has 1 N–H and O–H groups in total. The van der Waals surface area contributed by atoms with Crippen LogP contribution < -0.4 is 0 Å². The summed E-state index contributed by atoms with van der Waals surface area (Å²) in [5, 5.41) is 0. The standard InChI is InChI=1S/C18H16O3S4.Na/c1-11-3-6-14(9-12(11)2)17-16(18(22)24-23-17)10-13-4-7-15(8-5-13)25(19,20)21;/h3-9H,10H2,1-2H3,(H,19,20,21);. The zero-order chi connectivity index (χ0) is 18.2. The Morgan fingerprint density at radius 1 is 1.00 bits per heavy atom. The summed E-state index contributed by atoms with van der Waals surface area (Å²) in [5.41, 5.74) is 5.70. The van der Waals surface area contributed by atoms with Gasteiger partial charge in [-0.2, -0.15) is 8.42 Å². The second kappa shape index (κ2) is 8.75. The first-order chi connectivity index (χ1) is 11.8. The van der Waals surface area contributed by atoms with Crippen LogP contribution in [-0.2, 0) is 16.5 Å². The zero-order valence-corrected chi connectivity index (χ0v) is 19.9. The Kier molecular flexibility index (Phi) is 7.38. The van der Waals surface area contributed by atoms with Crippen LogP contribution in [0.15, 0.2) is 47.4 Å². The van der Waals surface area contributed by atoms with Gasteiger partial charge in [-0.1, -0.05) is 63.2 Å². The first kappa shape index (κ1) is 21.9. The van der Waals surface area contributed by atoms with Crippen molar-refractivity contribution in [1.29, 1.82) is 0 Å². The monoisotopic (exact) mass is 431 g/mol. The molecule has 1 heterocycles. The third-order valence-electron chi connectivity index (χ3n) is 4.09. The van der Waals surface area contributed by atoms with E-state index in [1.807, 2.05) is 0 Å². The summed E-state index contributed by atoms with van der Waals surface area (Å²) in [5.74, 6) is 0. The number of benzene rings is 2. The van der Waals surface area contributed by atoms with Gasteiger partial charge in [0.2, 0.25) is 0 Å². The maximum atomic E-state index is 11.2. The van der Waals surface area contributed by atoms with Gasteiger partial charge < -0.3 is 0 Å². The summed E-state index contributed by atoms with van der Waals surface area (Å²) in [6.45, 7) is 4.19. The maximum absolute atomic E-state index is 11.2. The van der Waals surface area contributed by atoms with Gasteiger partial charge in [0.1, 0.15) is 3.82 Å². The van der Waals surface area contributed by atoms with Crippen molar-refractivity contribution in [2.45, 2.75) is 25.2 Å². The summed E-state index contributed by atoms with van der Waals surface area (Å²) >= 11 is 5.51. The molecule has 0 fully saturated rings. The van der Waals surface area contributed by atoms with E-state index in [1.54, 1.807) is 32.8 Å². The first-order valence-corrected chi connectivity index (χ1v) is 11.5. The van der Waals surface area contributed by atoms with E-state index in [2.05, 4.69) is 32.0 Å². The van der Waals surface area contributed by atoms with Crippen LogP contribution in [0.5, 0.6) is 0 Å². The number of hydrogen-bond acceptors (Lipinski definition) is 5. The molecule has 3 nitrogen and oxygen atoms in total. The molecule has 131 valence electrons. The summed E-state index contributed by atoms with van der Waals surface area (Å²) in [7, 11) is -0.911. The summed E-state index contributed by atoms with van der Waals surface area (Å²) in [4.78, 5) is 1.06. The van der Waals surface area contributed by atoms with E-state index in [4.69, 9.17) is 16.8 Å². The quantitative estimate of drug-likeness (QED) is 0.264. The van der Waals surface area contributed by atoms with Gasteiger partial charge in [-0.15, -0.1) is 0 Å². The third-order valence-corrected chi connectivity index (χ3v) is 8.15. The van der Waals surface area contributed by atoms with Gasteiger partial charge in [0.25, 0.3) is 10.1 Å².